The number of nitrogens with zero attached hydrogens (tertiary/aromatic N) is 1. The Kier molecular flexibility index (Phi) is 5.88. The van der Waals surface area contributed by atoms with Gasteiger partial charge in [0.1, 0.15) is 4.90 Å². The van der Waals surface area contributed by atoms with E-state index in [2.05, 4.69) is 5.32 Å². The van der Waals surface area contributed by atoms with Crippen molar-refractivity contribution in [1.82, 2.24) is 9.62 Å². The molecule has 0 amide bonds. The molecule has 0 bridgehead atoms. The number of hydrogen-bond acceptors (Lipinski definition) is 3. The minimum absolute atomic E-state index is 0. The molecule has 4 nitrogen and oxygen atoms in total. The van der Waals surface area contributed by atoms with Gasteiger partial charge in [-0.05, 0) is 32.0 Å². The highest BCUT2D eigenvalue weighted by Gasteiger charge is 2.32. The lowest BCUT2D eigenvalue weighted by Gasteiger charge is -2.31. The molecule has 8 heteroatoms. The van der Waals surface area contributed by atoms with Gasteiger partial charge in [-0.1, -0.05) is 6.07 Å². The zero-order valence-corrected chi connectivity index (χ0v) is 12.6. The zero-order valence-electron chi connectivity index (χ0n) is 11.0. The third-order valence-corrected chi connectivity index (χ3v) is 5.21. The van der Waals surface area contributed by atoms with Gasteiger partial charge in [-0.2, -0.15) is 4.31 Å². The van der Waals surface area contributed by atoms with Crippen LogP contribution in [0.15, 0.2) is 23.1 Å². The lowest BCUT2D eigenvalue weighted by Crippen LogP contribution is -2.47. The molecule has 1 aliphatic rings. The summed E-state index contributed by atoms with van der Waals surface area (Å²) in [6.45, 7) is 0.602. The van der Waals surface area contributed by atoms with Crippen LogP contribution < -0.4 is 5.32 Å². The van der Waals surface area contributed by atoms with Crippen molar-refractivity contribution in [2.75, 3.05) is 20.1 Å². The van der Waals surface area contributed by atoms with Crippen LogP contribution in [-0.4, -0.2) is 38.9 Å². The van der Waals surface area contributed by atoms with E-state index in [1.54, 1.807) is 7.05 Å². The molecule has 2 rings (SSSR count). The maximum Gasteiger partial charge on any atom is 0.246 e. The van der Waals surface area contributed by atoms with E-state index >= 15 is 0 Å². The average molecular weight is 327 g/mol. The van der Waals surface area contributed by atoms with Crippen LogP contribution in [0.3, 0.4) is 0 Å². The largest absolute Gasteiger partial charge is 0.316 e. The summed E-state index contributed by atoms with van der Waals surface area (Å²) in [4.78, 5) is -0.593. The van der Waals surface area contributed by atoms with Crippen LogP contribution >= 0.6 is 12.4 Å². The summed E-state index contributed by atoms with van der Waals surface area (Å²) in [6, 6.07) is 3.24. The van der Waals surface area contributed by atoms with Crippen LogP contribution in [0.5, 0.6) is 0 Å². The van der Waals surface area contributed by atoms with Crippen molar-refractivity contribution in [1.29, 1.82) is 0 Å². The molecule has 0 aliphatic carbocycles. The fourth-order valence-electron chi connectivity index (χ4n) is 2.22. The van der Waals surface area contributed by atoms with E-state index in [1.165, 1.54) is 10.4 Å². The number of likely N-dealkylation sites (N-methyl/N-ethyl adjacent to an activating group) is 1. The molecule has 20 heavy (non-hydrogen) atoms. The first-order valence-corrected chi connectivity index (χ1v) is 7.52. The van der Waals surface area contributed by atoms with Crippen LogP contribution in [0.2, 0.25) is 0 Å². The number of nitrogens with one attached hydrogen (secondary N) is 1. The molecule has 1 aliphatic heterocycles. The molecule has 0 aromatic heterocycles. The summed E-state index contributed by atoms with van der Waals surface area (Å²) in [5, 5.41) is 3.01. The van der Waals surface area contributed by atoms with Gasteiger partial charge in [0.15, 0.2) is 11.6 Å². The molecular formula is C12H17ClF2N2O2S. The SMILES string of the molecule is CNC1CCCN(S(=O)(=O)c2cccc(F)c2F)C1.Cl. The molecular weight excluding hydrogens is 310 g/mol. The molecule has 0 spiro atoms. The number of benzene rings is 1. The van der Waals surface area contributed by atoms with E-state index in [1.807, 2.05) is 0 Å². The molecule has 1 atom stereocenters. The Morgan fingerprint density at radius 3 is 2.70 bits per heavy atom. The standard InChI is InChI=1S/C12H16F2N2O2S.ClH/c1-15-9-4-3-7-16(8-9)19(17,18)11-6-2-5-10(13)12(11)14;/h2,5-6,9,15H,3-4,7-8H2,1H3;1H. The molecule has 1 aromatic rings. The number of halogens is 3. The topological polar surface area (TPSA) is 49.4 Å². The van der Waals surface area contributed by atoms with Gasteiger partial charge in [0.2, 0.25) is 10.0 Å². The highest BCUT2D eigenvalue weighted by molar-refractivity contribution is 7.89. The predicted octanol–water partition coefficient (Wildman–Crippen LogP) is 1.76. The zero-order chi connectivity index (χ0) is 14.0. The van der Waals surface area contributed by atoms with E-state index in [4.69, 9.17) is 0 Å². The third-order valence-electron chi connectivity index (χ3n) is 3.33. The van der Waals surface area contributed by atoms with Crippen molar-refractivity contribution < 1.29 is 17.2 Å². The molecule has 1 heterocycles. The predicted molar refractivity (Wildman–Crippen MR) is 74.4 cm³/mol. The van der Waals surface area contributed by atoms with Gasteiger partial charge in [0.25, 0.3) is 0 Å². The van der Waals surface area contributed by atoms with Gasteiger partial charge in [0.05, 0.1) is 0 Å². The van der Waals surface area contributed by atoms with Gasteiger partial charge in [-0.3, -0.25) is 0 Å². The second-order valence-corrected chi connectivity index (χ2v) is 6.45. The van der Waals surface area contributed by atoms with Crippen molar-refractivity contribution in [3.63, 3.8) is 0 Å². The quantitative estimate of drug-likeness (QED) is 0.921. The fourth-order valence-corrected chi connectivity index (χ4v) is 3.82. The van der Waals surface area contributed by atoms with Gasteiger partial charge in [-0.25, -0.2) is 17.2 Å². The van der Waals surface area contributed by atoms with E-state index in [0.29, 0.717) is 13.0 Å². The van der Waals surface area contributed by atoms with Crippen LogP contribution in [-0.2, 0) is 10.0 Å². The summed E-state index contributed by atoms with van der Waals surface area (Å²) in [7, 11) is -2.23. The van der Waals surface area contributed by atoms with Crippen molar-refractivity contribution in [3.05, 3.63) is 29.8 Å². The monoisotopic (exact) mass is 326 g/mol. The van der Waals surface area contributed by atoms with Gasteiger partial charge in [-0.15, -0.1) is 12.4 Å². The minimum Gasteiger partial charge on any atom is -0.316 e. The Morgan fingerprint density at radius 2 is 2.05 bits per heavy atom. The van der Waals surface area contributed by atoms with E-state index in [0.717, 1.165) is 18.6 Å². The molecule has 114 valence electrons. The Labute approximate surface area is 123 Å². The number of hydrogen-bond donors (Lipinski definition) is 1. The molecule has 1 fully saturated rings. The van der Waals surface area contributed by atoms with Crippen molar-refractivity contribution in [3.8, 4) is 0 Å². The Morgan fingerprint density at radius 1 is 1.35 bits per heavy atom. The highest BCUT2D eigenvalue weighted by Crippen LogP contribution is 2.24. The average Bonchev–Trinajstić information content (AvgIpc) is 2.41. The molecule has 1 unspecified atom stereocenters. The molecule has 0 saturated carbocycles. The van der Waals surface area contributed by atoms with Crippen LogP contribution in [0, 0.1) is 11.6 Å². The second kappa shape index (κ2) is 6.80. The maximum absolute atomic E-state index is 13.6. The van der Waals surface area contributed by atoms with Crippen LogP contribution in [0.4, 0.5) is 8.78 Å². The molecule has 1 aromatic carbocycles. The molecule has 1 N–H and O–H groups in total. The number of sulfonamides is 1. The van der Waals surface area contributed by atoms with Crippen molar-refractivity contribution >= 4 is 22.4 Å². The third kappa shape index (κ3) is 3.28. The van der Waals surface area contributed by atoms with E-state index in [-0.39, 0.29) is 25.0 Å². The highest BCUT2D eigenvalue weighted by atomic mass is 35.5. The van der Waals surface area contributed by atoms with Crippen molar-refractivity contribution in [2.45, 2.75) is 23.8 Å². The van der Waals surface area contributed by atoms with Crippen molar-refractivity contribution in [2.24, 2.45) is 0 Å². The fraction of sp³-hybridized carbons (Fsp3) is 0.500. The lowest BCUT2D eigenvalue weighted by molar-refractivity contribution is 0.291. The lowest BCUT2D eigenvalue weighted by atomic mass is 10.1. The smallest absolute Gasteiger partial charge is 0.246 e. The first-order chi connectivity index (χ1) is 8.96. The normalized spacial score (nSPS) is 20.4. The minimum atomic E-state index is -3.98. The van der Waals surface area contributed by atoms with Crippen LogP contribution in [0.25, 0.3) is 0 Å². The molecule has 1 saturated heterocycles. The number of piperidine rings is 1. The Hall–Kier alpha value is -0.760. The second-order valence-electron chi connectivity index (χ2n) is 4.54. The summed E-state index contributed by atoms with van der Waals surface area (Å²) < 4.78 is 52.6. The van der Waals surface area contributed by atoms with E-state index < -0.39 is 26.6 Å². The summed E-state index contributed by atoms with van der Waals surface area (Å²) in [5.74, 6) is -2.46. The summed E-state index contributed by atoms with van der Waals surface area (Å²) in [6.07, 6.45) is 1.57. The van der Waals surface area contributed by atoms with Crippen LogP contribution in [0.1, 0.15) is 12.8 Å². The summed E-state index contributed by atoms with van der Waals surface area (Å²) >= 11 is 0. The first-order valence-electron chi connectivity index (χ1n) is 6.08. The van der Waals surface area contributed by atoms with Gasteiger partial charge < -0.3 is 5.32 Å². The Bertz CT molecular complexity index is 569. The van der Waals surface area contributed by atoms with E-state index in [9.17, 15) is 17.2 Å². The summed E-state index contributed by atoms with van der Waals surface area (Å²) in [5.41, 5.74) is 0. The number of rotatable bonds is 3. The van der Waals surface area contributed by atoms with Gasteiger partial charge >= 0.3 is 0 Å². The Balaban J connectivity index is 0.00000200. The van der Waals surface area contributed by atoms with Gasteiger partial charge in [0, 0.05) is 19.1 Å². The maximum atomic E-state index is 13.6. The molecule has 0 radical (unpaired) electrons. The first kappa shape index (κ1) is 17.3.